The lowest BCUT2D eigenvalue weighted by Crippen LogP contribution is -2.16. The molecule has 0 fully saturated rings. The van der Waals surface area contributed by atoms with E-state index in [9.17, 15) is 13.2 Å². The van der Waals surface area contributed by atoms with Crippen molar-refractivity contribution in [2.75, 3.05) is 10.0 Å². The zero-order valence-electron chi connectivity index (χ0n) is 16.7. The number of anilines is 2. The summed E-state index contributed by atoms with van der Waals surface area (Å²) in [5.74, 6) is 0.211. The molecule has 8 nitrogen and oxygen atoms in total. The van der Waals surface area contributed by atoms with E-state index >= 15 is 0 Å². The zero-order chi connectivity index (χ0) is 22.0. The van der Waals surface area contributed by atoms with Crippen LogP contribution in [0.15, 0.2) is 80.8 Å². The maximum absolute atomic E-state index is 12.9. The van der Waals surface area contributed by atoms with Crippen LogP contribution < -0.4 is 10.0 Å². The normalized spacial score (nSPS) is 11.3. The lowest BCUT2D eigenvalue weighted by atomic mass is 10.2. The molecular formula is C22H19N3O5S. The Labute approximate surface area is 178 Å². The van der Waals surface area contributed by atoms with Crippen molar-refractivity contribution in [3.63, 3.8) is 0 Å². The van der Waals surface area contributed by atoms with Crippen molar-refractivity contribution in [1.82, 2.24) is 5.16 Å². The van der Waals surface area contributed by atoms with Gasteiger partial charge in [0.1, 0.15) is 0 Å². The highest BCUT2D eigenvalue weighted by molar-refractivity contribution is 7.92. The number of aryl methyl sites for hydroxylation is 2. The average molecular weight is 437 g/mol. The van der Waals surface area contributed by atoms with Crippen molar-refractivity contribution in [2.45, 2.75) is 18.7 Å². The van der Waals surface area contributed by atoms with Crippen LogP contribution in [0, 0.1) is 13.8 Å². The second-order valence-electron chi connectivity index (χ2n) is 6.96. The van der Waals surface area contributed by atoms with Gasteiger partial charge in [-0.15, -0.1) is 0 Å². The van der Waals surface area contributed by atoms with Crippen LogP contribution >= 0.6 is 0 Å². The molecule has 0 saturated heterocycles. The van der Waals surface area contributed by atoms with Gasteiger partial charge >= 0.3 is 0 Å². The number of carbonyl (C=O) groups excluding carboxylic acids is 1. The van der Waals surface area contributed by atoms with Crippen molar-refractivity contribution >= 4 is 27.3 Å². The molecule has 2 aromatic heterocycles. The third-order valence-electron chi connectivity index (χ3n) is 4.51. The number of nitrogens with one attached hydrogen (secondary N) is 2. The van der Waals surface area contributed by atoms with Crippen molar-refractivity contribution in [1.29, 1.82) is 0 Å². The smallest absolute Gasteiger partial charge is 0.277 e. The Morgan fingerprint density at radius 2 is 1.77 bits per heavy atom. The Bertz CT molecular complexity index is 1340. The molecule has 4 aromatic rings. The molecule has 0 aliphatic heterocycles. The van der Waals surface area contributed by atoms with Gasteiger partial charge in [-0.05, 0) is 61.4 Å². The van der Waals surface area contributed by atoms with Crippen LogP contribution in [0.3, 0.4) is 0 Å². The van der Waals surface area contributed by atoms with E-state index in [1.54, 1.807) is 49.4 Å². The molecule has 4 rings (SSSR count). The highest BCUT2D eigenvalue weighted by atomic mass is 32.2. The first-order valence-corrected chi connectivity index (χ1v) is 10.8. The minimum absolute atomic E-state index is 0.0364. The molecule has 0 saturated carbocycles. The third-order valence-corrected chi connectivity index (χ3v) is 6.04. The zero-order valence-corrected chi connectivity index (χ0v) is 17.6. The molecule has 0 atom stereocenters. The second kappa shape index (κ2) is 8.11. The van der Waals surface area contributed by atoms with Crippen molar-refractivity contribution in [3.8, 4) is 11.5 Å². The summed E-state index contributed by atoms with van der Waals surface area (Å²) in [4.78, 5) is 12.6. The van der Waals surface area contributed by atoms with Crippen LogP contribution in [0.25, 0.3) is 11.5 Å². The minimum Gasteiger partial charge on any atom is -0.461 e. The van der Waals surface area contributed by atoms with Gasteiger partial charge in [0.15, 0.2) is 11.5 Å². The van der Waals surface area contributed by atoms with E-state index in [1.165, 1.54) is 18.4 Å². The molecule has 0 spiro atoms. The van der Waals surface area contributed by atoms with E-state index in [-0.39, 0.29) is 10.6 Å². The summed E-state index contributed by atoms with van der Waals surface area (Å²) in [6, 6.07) is 16.5. The fourth-order valence-electron chi connectivity index (χ4n) is 3.00. The molecule has 158 valence electrons. The summed E-state index contributed by atoms with van der Waals surface area (Å²) in [6.45, 7) is 3.56. The fraction of sp³-hybridized carbons (Fsp3) is 0.0909. The number of hydrogen-bond acceptors (Lipinski definition) is 6. The highest BCUT2D eigenvalue weighted by Gasteiger charge is 2.20. The number of aromatic nitrogens is 1. The van der Waals surface area contributed by atoms with Crippen molar-refractivity contribution in [3.05, 3.63) is 83.7 Å². The Kier molecular flexibility index (Phi) is 5.35. The van der Waals surface area contributed by atoms with Gasteiger partial charge in [0.2, 0.25) is 5.76 Å². The summed E-state index contributed by atoms with van der Waals surface area (Å²) in [5, 5.41) is 6.39. The monoisotopic (exact) mass is 437 g/mol. The molecule has 2 aromatic carbocycles. The van der Waals surface area contributed by atoms with E-state index in [2.05, 4.69) is 15.2 Å². The molecule has 0 radical (unpaired) electrons. The van der Waals surface area contributed by atoms with Gasteiger partial charge in [-0.25, -0.2) is 8.42 Å². The van der Waals surface area contributed by atoms with Crippen LogP contribution in [0.1, 0.15) is 21.6 Å². The fourth-order valence-corrected chi connectivity index (χ4v) is 4.32. The summed E-state index contributed by atoms with van der Waals surface area (Å²) in [7, 11) is -3.86. The first-order valence-electron chi connectivity index (χ1n) is 9.34. The van der Waals surface area contributed by atoms with Crippen LogP contribution in [0.4, 0.5) is 11.4 Å². The molecule has 0 aliphatic rings. The molecule has 2 N–H and O–H groups in total. The predicted octanol–water partition coefficient (Wildman–Crippen LogP) is 4.60. The van der Waals surface area contributed by atoms with Gasteiger partial charge in [0.05, 0.1) is 11.2 Å². The maximum Gasteiger partial charge on any atom is 0.277 e. The number of benzene rings is 2. The maximum atomic E-state index is 12.9. The van der Waals surface area contributed by atoms with Gasteiger partial charge in [-0.3, -0.25) is 9.52 Å². The summed E-state index contributed by atoms with van der Waals surface area (Å²) >= 11 is 0. The summed E-state index contributed by atoms with van der Waals surface area (Å²) in [6.07, 6.45) is 1.48. The Morgan fingerprint density at radius 3 is 2.52 bits per heavy atom. The number of sulfonamides is 1. The Balaban J connectivity index is 1.55. The first-order chi connectivity index (χ1) is 14.8. The molecule has 0 unspecified atom stereocenters. The average Bonchev–Trinajstić information content (AvgIpc) is 3.41. The number of hydrogen-bond donors (Lipinski definition) is 2. The lowest BCUT2D eigenvalue weighted by molar-refractivity contribution is 0.101. The van der Waals surface area contributed by atoms with Crippen LogP contribution in [-0.4, -0.2) is 19.5 Å². The van der Waals surface area contributed by atoms with Crippen molar-refractivity contribution < 1.29 is 22.2 Å². The van der Waals surface area contributed by atoms with Gasteiger partial charge < -0.3 is 14.3 Å². The van der Waals surface area contributed by atoms with E-state index in [1.807, 2.05) is 13.0 Å². The van der Waals surface area contributed by atoms with Gasteiger partial charge in [-0.1, -0.05) is 23.4 Å². The minimum atomic E-state index is -3.86. The second-order valence-corrected chi connectivity index (χ2v) is 8.61. The molecule has 0 aliphatic carbocycles. The van der Waals surface area contributed by atoms with Gasteiger partial charge in [0, 0.05) is 17.4 Å². The van der Waals surface area contributed by atoms with E-state index in [0.717, 1.165) is 5.56 Å². The number of carbonyl (C=O) groups is 1. The molecule has 2 heterocycles. The van der Waals surface area contributed by atoms with E-state index in [4.69, 9.17) is 8.94 Å². The predicted molar refractivity (Wildman–Crippen MR) is 115 cm³/mol. The highest BCUT2D eigenvalue weighted by Crippen LogP contribution is 2.25. The number of furan rings is 1. The summed E-state index contributed by atoms with van der Waals surface area (Å²) < 4.78 is 38.7. The molecular weight excluding hydrogens is 418 g/mol. The molecule has 9 heteroatoms. The van der Waals surface area contributed by atoms with Crippen LogP contribution in [0.5, 0.6) is 0 Å². The number of nitrogens with zero attached hydrogens (tertiary/aromatic N) is 1. The first kappa shape index (κ1) is 20.4. The standard InChI is InChI=1S/C22H19N3O5S/c1-14-5-3-6-17(11-14)25-31(27,28)21-12-16(9-8-15(21)2)23-22(26)18-13-20(30-24-18)19-7-4-10-29-19/h3-13,25H,1-2H3,(H,23,26). The van der Waals surface area contributed by atoms with Gasteiger partial charge in [-0.2, -0.15) is 0 Å². The third kappa shape index (κ3) is 4.51. The Morgan fingerprint density at radius 1 is 0.935 bits per heavy atom. The number of rotatable bonds is 6. The largest absolute Gasteiger partial charge is 0.461 e. The van der Waals surface area contributed by atoms with Crippen LogP contribution in [0.2, 0.25) is 0 Å². The van der Waals surface area contributed by atoms with Crippen molar-refractivity contribution in [2.24, 2.45) is 0 Å². The molecule has 31 heavy (non-hydrogen) atoms. The van der Waals surface area contributed by atoms with E-state index in [0.29, 0.717) is 28.5 Å². The lowest BCUT2D eigenvalue weighted by Gasteiger charge is -2.12. The van der Waals surface area contributed by atoms with Gasteiger partial charge in [0.25, 0.3) is 15.9 Å². The quantitative estimate of drug-likeness (QED) is 0.455. The Hall–Kier alpha value is -3.85. The number of amides is 1. The SMILES string of the molecule is Cc1cccc(NS(=O)(=O)c2cc(NC(=O)c3cc(-c4ccco4)on3)ccc2C)c1. The molecule has 1 amide bonds. The molecule has 0 bridgehead atoms. The summed E-state index contributed by atoms with van der Waals surface area (Å²) in [5.41, 5.74) is 2.28. The van der Waals surface area contributed by atoms with E-state index < -0.39 is 15.9 Å². The van der Waals surface area contributed by atoms with Crippen LogP contribution in [-0.2, 0) is 10.0 Å². The topological polar surface area (TPSA) is 114 Å².